The highest BCUT2D eigenvalue weighted by Gasteiger charge is 2.29. The predicted molar refractivity (Wildman–Crippen MR) is 65.8 cm³/mol. The number of hydrogen-bond donors (Lipinski definition) is 2. The Balaban J connectivity index is 2.59. The van der Waals surface area contributed by atoms with Crippen LogP contribution >= 0.6 is 0 Å². The zero-order valence-electron chi connectivity index (χ0n) is 9.15. The number of aliphatic hydroxyl groups is 1. The Morgan fingerprint density at radius 2 is 1.67 bits per heavy atom. The van der Waals surface area contributed by atoms with Crippen LogP contribution in [-0.4, -0.2) is 29.3 Å². The van der Waals surface area contributed by atoms with Crippen molar-refractivity contribution >= 4 is 26.7 Å². The van der Waals surface area contributed by atoms with Crippen LogP contribution in [0.15, 0.2) is 42.5 Å². The number of aliphatic hydroxyl groups excluding tert-OH is 1. The van der Waals surface area contributed by atoms with E-state index in [0.29, 0.717) is 5.39 Å². The molecule has 2 rings (SSSR count). The quantitative estimate of drug-likeness (QED) is 0.644. The Kier molecular flexibility index (Phi) is 3.16. The third-order valence-electron chi connectivity index (χ3n) is 2.56. The number of carbonyl (C=O) groups is 1. The molecule has 6 heteroatoms. The molecule has 1 unspecified atom stereocenters. The van der Waals surface area contributed by atoms with Crippen LogP contribution in [0.3, 0.4) is 0 Å². The normalized spacial score (nSPS) is 13.4. The lowest BCUT2D eigenvalue weighted by Gasteiger charge is -2.08. The molecule has 2 aromatic rings. The number of rotatable bonds is 3. The van der Waals surface area contributed by atoms with E-state index < -0.39 is 21.3 Å². The van der Waals surface area contributed by atoms with Gasteiger partial charge in [0.25, 0.3) is 10.1 Å². The van der Waals surface area contributed by atoms with Crippen molar-refractivity contribution in [2.75, 3.05) is 0 Å². The summed E-state index contributed by atoms with van der Waals surface area (Å²) in [6.45, 7) is 0. The van der Waals surface area contributed by atoms with Gasteiger partial charge in [-0.15, -0.1) is 0 Å². The van der Waals surface area contributed by atoms with Gasteiger partial charge in [-0.25, -0.2) is 0 Å². The third-order valence-corrected chi connectivity index (χ3v) is 3.34. The maximum Gasteiger partial charge on any atom is 0.299 e. The molecule has 0 aliphatic heterocycles. The van der Waals surface area contributed by atoms with E-state index in [1.165, 1.54) is 6.07 Å². The molecule has 0 fully saturated rings. The van der Waals surface area contributed by atoms with Gasteiger partial charge in [-0.2, -0.15) is 8.42 Å². The van der Waals surface area contributed by atoms with Crippen molar-refractivity contribution in [2.24, 2.45) is 0 Å². The molecule has 0 aromatic heterocycles. The van der Waals surface area contributed by atoms with Gasteiger partial charge in [0.1, 0.15) is 0 Å². The first-order chi connectivity index (χ1) is 8.41. The highest BCUT2D eigenvalue weighted by molar-refractivity contribution is 7.87. The molecule has 5 nitrogen and oxygen atoms in total. The average molecular weight is 266 g/mol. The number of ketones is 1. The highest BCUT2D eigenvalue weighted by Crippen LogP contribution is 2.20. The summed E-state index contributed by atoms with van der Waals surface area (Å²) >= 11 is 0. The molecule has 0 saturated carbocycles. The number of fused-ring (bicyclic) bond motifs is 1. The summed E-state index contributed by atoms with van der Waals surface area (Å²) < 4.78 is 30.2. The fourth-order valence-electron chi connectivity index (χ4n) is 1.71. The average Bonchev–Trinajstić information content (AvgIpc) is 2.35. The second-order valence-electron chi connectivity index (χ2n) is 3.76. The third kappa shape index (κ3) is 2.26. The molecule has 0 aliphatic rings. The van der Waals surface area contributed by atoms with Crippen LogP contribution < -0.4 is 0 Å². The van der Waals surface area contributed by atoms with Crippen LogP contribution in [0.4, 0.5) is 0 Å². The molecule has 1 atom stereocenters. The zero-order chi connectivity index (χ0) is 13.3. The van der Waals surface area contributed by atoms with Crippen LogP contribution in [0.2, 0.25) is 0 Å². The lowest BCUT2D eigenvalue weighted by molar-refractivity contribution is 0.0850. The lowest BCUT2D eigenvalue weighted by atomic mass is 10.0. The summed E-state index contributed by atoms with van der Waals surface area (Å²) in [6.07, 6.45) is 0. The van der Waals surface area contributed by atoms with Crippen molar-refractivity contribution in [1.82, 2.24) is 0 Å². The Bertz CT molecular complexity index is 700. The molecular formula is C12H10O5S. The van der Waals surface area contributed by atoms with Gasteiger partial charge in [0.15, 0.2) is 0 Å². The van der Waals surface area contributed by atoms with E-state index in [0.717, 1.165) is 5.39 Å². The van der Waals surface area contributed by atoms with Gasteiger partial charge in [0.05, 0.1) is 0 Å². The molecule has 0 spiro atoms. The van der Waals surface area contributed by atoms with Gasteiger partial charge in [0.2, 0.25) is 11.2 Å². The monoisotopic (exact) mass is 266 g/mol. The summed E-state index contributed by atoms with van der Waals surface area (Å²) in [5.41, 5.74) is -2.40. The number of Topliss-reactive ketones (excluding diaryl/α,β-unsaturated/α-hetero) is 1. The van der Waals surface area contributed by atoms with Crippen molar-refractivity contribution in [3.8, 4) is 0 Å². The molecule has 2 N–H and O–H groups in total. The van der Waals surface area contributed by atoms with Crippen molar-refractivity contribution < 1.29 is 22.9 Å². The Labute approximate surface area is 103 Å². The van der Waals surface area contributed by atoms with Crippen LogP contribution in [0.5, 0.6) is 0 Å². The molecule has 0 bridgehead atoms. The standard InChI is InChI=1S/C12H10O5S/c13-11(12(14)18(15,16)17)10-7-3-5-8-4-1-2-6-9(8)10/h1-7,12,14H,(H,15,16,17). The molecule has 2 aromatic carbocycles. The number of benzene rings is 2. The topological polar surface area (TPSA) is 91.7 Å². The van der Waals surface area contributed by atoms with Gasteiger partial charge in [-0.3, -0.25) is 9.35 Å². The largest absolute Gasteiger partial charge is 0.369 e. The second-order valence-corrected chi connectivity index (χ2v) is 5.23. The van der Waals surface area contributed by atoms with Crippen LogP contribution in [-0.2, 0) is 10.1 Å². The van der Waals surface area contributed by atoms with E-state index in [1.54, 1.807) is 36.4 Å². The molecule has 0 heterocycles. The molecule has 0 saturated heterocycles. The van der Waals surface area contributed by atoms with Gasteiger partial charge >= 0.3 is 0 Å². The molecule has 0 aliphatic carbocycles. The highest BCUT2D eigenvalue weighted by atomic mass is 32.2. The van der Waals surface area contributed by atoms with Gasteiger partial charge < -0.3 is 5.11 Å². The minimum absolute atomic E-state index is 0.0539. The van der Waals surface area contributed by atoms with Crippen molar-refractivity contribution in [2.45, 2.75) is 5.44 Å². The molecular weight excluding hydrogens is 256 g/mol. The fourth-order valence-corrected chi connectivity index (χ4v) is 2.11. The summed E-state index contributed by atoms with van der Waals surface area (Å²) in [5, 5.41) is 10.5. The SMILES string of the molecule is O=C(c1cccc2ccccc12)C(O)S(=O)(=O)O. The van der Waals surface area contributed by atoms with E-state index in [4.69, 9.17) is 4.55 Å². The number of carbonyl (C=O) groups excluding carboxylic acids is 1. The minimum atomic E-state index is -4.81. The van der Waals surface area contributed by atoms with Gasteiger partial charge in [-0.05, 0) is 10.8 Å². The Morgan fingerprint density at radius 1 is 1.06 bits per heavy atom. The van der Waals surface area contributed by atoms with E-state index in [9.17, 15) is 18.3 Å². The smallest absolute Gasteiger partial charge is 0.299 e. The predicted octanol–water partition coefficient (Wildman–Crippen LogP) is 1.23. The van der Waals surface area contributed by atoms with E-state index >= 15 is 0 Å². The summed E-state index contributed by atoms with van der Waals surface area (Å²) in [5.74, 6) is -1.05. The van der Waals surface area contributed by atoms with Gasteiger partial charge in [0, 0.05) is 5.56 Å². The Morgan fingerprint density at radius 3 is 2.33 bits per heavy atom. The molecule has 94 valence electrons. The van der Waals surface area contributed by atoms with Gasteiger partial charge in [-0.1, -0.05) is 42.5 Å². The minimum Gasteiger partial charge on any atom is -0.369 e. The fraction of sp³-hybridized carbons (Fsp3) is 0.0833. The molecule has 18 heavy (non-hydrogen) atoms. The number of hydrogen-bond acceptors (Lipinski definition) is 4. The first-order valence-electron chi connectivity index (χ1n) is 5.07. The van der Waals surface area contributed by atoms with E-state index in [1.807, 2.05) is 0 Å². The first kappa shape index (κ1) is 12.7. The summed E-state index contributed by atoms with van der Waals surface area (Å²) in [4.78, 5) is 11.8. The molecule has 0 radical (unpaired) electrons. The summed E-state index contributed by atoms with van der Waals surface area (Å²) in [7, 11) is -4.81. The van der Waals surface area contributed by atoms with E-state index in [-0.39, 0.29) is 5.56 Å². The maximum absolute atomic E-state index is 11.8. The van der Waals surface area contributed by atoms with Crippen LogP contribution in [0.25, 0.3) is 10.8 Å². The molecule has 0 amide bonds. The zero-order valence-corrected chi connectivity index (χ0v) is 9.96. The first-order valence-corrected chi connectivity index (χ1v) is 6.58. The van der Waals surface area contributed by atoms with Crippen molar-refractivity contribution in [3.63, 3.8) is 0 Å². The Hall–Kier alpha value is -1.76. The van der Waals surface area contributed by atoms with E-state index in [2.05, 4.69) is 0 Å². The van der Waals surface area contributed by atoms with Crippen molar-refractivity contribution in [1.29, 1.82) is 0 Å². The second kappa shape index (κ2) is 4.49. The van der Waals surface area contributed by atoms with Crippen LogP contribution in [0.1, 0.15) is 10.4 Å². The maximum atomic E-state index is 11.8. The van der Waals surface area contributed by atoms with Crippen molar-refractivity contribution in [3.05, 3.63) is 48.0 Å². The van der Waals surface area contributed by atoms with Crippen LogP contribution in [0, 0.1) is 0 Å². The summed E-state index contributed by atoms with van der Waals surface area (Å²) in [6, 6.07) is 11.6. The lowest BCUT2D eigenvalue weighted by Crippen LogP contribution is -2.29.